The molecule has 0 aliphatic heterocycles. The number of nitrogens with zero attached hydrogens (tertiary/aromatic N) is 2. The minimum atomic E-state index is -0.403. The molecule has 0 aliphatic carbocycles. The van der Waals surface area contributed by atoms with Gasteiger partial charge in [-0.25, -0.2) is 4.39 Å². The van der Waals surface area contributed by atoms with Crippen molar-refractivity contribution in [1.82, 2.24) is 15.5 Å². The number of carbonyl (C=O) groups excluding carboxylic acids is 2. The lowest BCUT2D eigenvalue weighted by molar-refractivity contribution is -0.119. The molecule has 3 aromatic rings. The van der Waals surface area contributed by atoms with Crippen LogP contribution in [0.4, 0.5) is 10.1 Å². The van der Waals surface area contributed by atoms with Gasteiger partial charge in [0, 0.05) is 11.4 Å². The molecule has 0 saturated carbocycles. The zero-order valence-electron chi connectivity index (χ0n) is 15.6. The number of anilines is 1. The van der Waals surface area contributed by atoms with Gasteiger partial charge in [0.2, 0.25) is 10.9 Å². The third-order valence-electron chi connectivity index (χ3n) is 3.90. The Morgan fingerprint density at radius 3 is 2.55 bits per heavy atom. The van der Waals surface area contributed by atoms with Gasteiger partial charge in [-0.3, -0.25) is 9.59 Å². The maximum atomic E-state index is 12.9. The Morgan fingerprint density at radius 2 is 1.83 bits per heavy atom. The summed E-state index contributed by atoms with van der Waals surface area (Å²) < 4.78 is 12.9. The largest absolute Gasteiger partial charge is 0.349 e. The molecular weight excluding hydrogens is 411 g/mol. The monoisotopic (exact) mass is 430 g/mol. The number of thioether (sulfide) groups is 1. The van der Waals surface area contributed by atoms with E-state index in [0.717, 1.165) is 16.9 Å². The van der Waals surface area contributed by atoms with Crippen LogP contribution in [0.3, 0.4) is 0 Å². The Labute approximate surface area is 175 Å². The van der Waals surface area contributed by atoms with E-state index in [1.54, 1.807) is 0 Å². The summed E-state index contributed by atoms with van der Waals surface area (Å²) in [7, 11) is 0. The van der Waals surface area contributed by atoms with Crippen molar-refractivity contribution >= 4 is 40.6 Å². The first kappa shape index (κ1) is 20.9. The van der Waals surface area contributed by atoms with Gasteiger partial charge in [-0.05, 0) is 36.8 Å². The van der Waals surface area contributed by atoms with Gasteiger partial charge < -0.3 is 10.6 Å². The third-order valence-corrected chi connectivity index (χ3v) is 5.95. The van der Waals surface area contributed by atoms with Crippen molar-refractivity contribution in [2.75, 3.05) is 11.1 Å². The quantitative estimate of drug-likeness (QED) is 0.564. The molecule has 0 saturated heterocycles. The maximum absolute atomic E-state index is 12.9. The number of benzene rings is 2. The normalized spacial score (nSPS) is 11.7. The van der Waals surface area contributed by atoms with E-state index in [2.05, 4.69) is 20.8 Å². The highest BCUT2D eigenvalue weighted by Crippen LogP contribution is 2.19. The molecule has 6 nitrogen and oxygen atoms in total. The fourth-order valence-corrected chi connectivity index (χ4v) is 4.08. The van der Waals surface area contributed by atoms with E-state index in [4.69, 9.17) is 0 Å². The molecule has 2 aromatic carbocycles. The summed E-state index contributed by atoms with van der Waals surface area (Å²) in [6, 6.07) is 15.2. The number of carbonyl (C=O) groups is 2. The van der Waals surface area contributed by atoms with Crippen LogP contribution < -0.4 is 10.6 Å². The van der Waals surface area contributed by atoms with E-state index in [-0.39, 0.29) is 28.5 Å². The average molecular weight is 431 g/mol. The van der Waals surface area contributed by atoms with E-state index in [0.29, 0.717) is 16.4 Å². The molecule has 9 heteroatoms. The lowest BCUT2D eigenvalue weighted by atomic mass is 10.1. The van der Waals surface area contributed by atoms with Gasteiger partial charge in [-0.2, -0.15) is 0 Å². The van der Waals surface area contributed by atoms with Gasteiger partial charge >= 0.3 is 0 Å². The van der Waals surface area contributed by atoms with Gasteiger partial charge in [0.1, 0.15) is 10.8 Å². The number of halogens is 1. The highest BCUT2D eigenvalue weighted by Gasteiger charge is 2.14. The minimum absolute atomic E-state index is 0.0624. The van der Waals surface area contributed by atoms with Crippen molar-refractivity contribution < 1.29 is 14.0 Å². The lowest BCUT2D eigenvalue weighted by Crippen LogP contribution is -2.28. The highest BCUT2D eigenvalue weighted by molar-refractivity contribution is 7.99. The average Bonchev–Trinajstić information content (AvgIpc) is 3.19. The third kappa shape index (κ3) is 6.37. The van der Waals surface area contributed by atoms with Gasteiger partial charge in [-0.15, -0.1) is 22.0 Å². The van der Waals surface area contributed by atoms with E-state index >= 15 is 0 Å². The predicted molar refractivity (Wildman–Crippen MR) is 113 cm³/mol. The Bertz CT molecular complexity index is 964. The topological polar surface area (TPSA) is 84.0 Å². The molecule has 0 bridgehead atoms. The number of hydrogen-bond acceptors (Lipinski definition) is 6. The maximum Gasteiger partial charge on any atom is 0.286 e. The SMILES string of the molecule is C[C@@H](NC(=O)CSCc1nnc(C(=O)Nc2ccc(F)cc2)s1)c1ccccc1. The summed E-state index contributed by atoms with van der Waals surface area (Å²) in [5.74, 6) is -0.0759. The molecule has 0 fully saturated rings. The van der Waals surface area contributed by atoms with Crippen molar-refractivity contribution in [1.29, 1.82) is 0 Å². The summed E-state index contributed by atoms with van der Waals surface area (Å²) in [6.07, 6.45) is 0. The summed E-state index contributed by atoms with van der Waals surface area (Å²) in [4.78, 5) is 24.3. The van der Waals surface area contributed by atoms with Gasteiger partial charge in [0.15, 0.2) is 0 Å². The number of aromatic nitrogens is 2. The molecule has 2 N–H and O–H groups in total. The number of hydrogen-bond donors (Lipinski definition) is 2. The molecular formula is C20H19FN4O2S2. The molecule has 1 atom stereocenters. The standard InChI is InChI=1S/C20H19FN4O2S2/c1-13(14-5-3-2-4-6-14)22-17(26)11-28-12-18-24-25-20(29-18)19(27)23-16-9-7-15(21)8-10-16/h2-10,13H,11-12H2,1H3,(H,22,26)(H,23,27)/t13-/m1/s1. The Balaban J connectivity index is 1.43. The first-order valence-electron chi connectivity index (χ1n) is 8.82. The van der Waals surface area contributed by atoms with Gasteiger partial charge in [-0.1, -0.05) is 41.7 Å². The van der Waals surface area contributed by atoms with Crippen LogP contribution in [0.5, 0.6) is 0 Å². The molecule has 3 rings (SSSR count). The van der Waals surface area contributed by atoms with E-state index in [1.807, 2.05) is 37.3 Å². The smallest absolute Gasteiger partial charge is 0.286 e. The molecule has 150 valence electrons. The number of amides is 2. The van der Waals surface area contributed by atoms with E-state index in [1.165, 1.54) is 36.0 Å². The van der Waals surface area contributed by atoms with E-state index in [9.17, 15) is 14.0 Å². The summed E-state index contributed by atoms with van der Waals surface area (Å²) in [6.45, 7) is 1.94. The van der Waals surface area contributed by atoms with Crippen molar-refractivity contribution in [2.45, 2.75) is 18.7 Å². The van der Waals surface area contributed by atoms with Crippen LogP contribution in [0.15, 0.2) is 54.6 Å². The summed E-state index contributed by atoms with van der Waals surface area (Å²) >= 11 is 2.57. The van der Waals surface area contributed by atoms with Crippen LogP contribution in [0.1, 0.15) is 33.3 Å². The van der Waals surface area contributed by atoms with Crippen molar-refractivity contribution in [3.8, 4) is 0 Å². The Morgan fingerprint density at radius 1 is 1.10 bits per heavy atom. The summed E-state index contributed by atoms with van der Waals surface area (Å²) in [5, 5.41) is 14.3. The number of rotatable bonds is 8. The molecule has 0 radical (unpaired) electrons. The second-order valence-electron chi connectivity index (χ2n) is 6.15. The molecule has 1 aromatic heterocycles. The fourth-order valence-electron chi connectivity index (χ4n) is 2.46. The van der Waals surface area contributed by atoms with E-state index < -0.39 is 5.91 Å². The van der Waals surface area contributed by atoms with Crippen LogP contribution >= 0.6 is 23.1 Å². The highest BCUT2D eigenvalue weighted by atomic mass is 32.2. The van der Waals surface area contributed by atoms with Crippen LogP contribution in [0, 0.1) is 5.82 Å². The molecule has 0 unspecified atom stereocenters. The molecule has 29 heavy (non-hydrogen) atoms. The fraction of sp³-hybridized carbons (Fsp3) is 0.200. The Hall–Kier alpha value is -2.78. The van der Waals surface area contributed by atoms with Crippen LogP contribution in [-0.4, -0.2) is 27.8 Å². The first-order valence-corrected chi connectivity index (χ1v) is 10.8. The van der Waals surface area contributed by atoms with Crippen molar-refractivity contribution in [3.63, 3.8) is 0 Å². The van der Waals surface area contributed by atoms with Crippen molar-refractivity contribution in [3.05, 3.63) is 76.0 Å². The number of nitrogens with one attached hydrogen (secondary N) is 2. The van der Waals surface area contributed by atoms with Crippen molar-refractivity contribution in [2.24, 2.45) is 0 Å². The second-order valence-corrected chi connectivity index (χ2v) is 8.20. The molecule has 0 spiro atoms. The molecule has 1 heterocycles. The van der Waals surface area contributed by atoms with Crippen LogP contribution in [0.25, 0.3) is 0 Å². The predicted octanol–water partition coefficient (Wildman–Crippen LogP) is 4.04. The zero-order chi connectivity index (χ0) is 20.6. The van der Waals surface area contributed by atoms with Gasteiger partial charge in [0.05, 0.1) is 11.8 Å². The minimum Gasteiger partial charge on any atom is -0.349 e. The molecule has 2 amide bonds. The Kier molecular flexibility index (Phi) is 7.31. The lowest BCUT2D eigenvalue weighted by Gasteiger charge is -2.13. The van der Waals surface area contributed by atoms with Crippen LogP contribution in [-0.2, 0) is 10.5 Å². The first-order chi connectivity index (χ1) is 14.0. The zero-order valence-corrected chi connectivity index (χ0v) is 17.2. The summed E-state index contributed by atoms with van der Waals surface area (Å²) in [5.41, 5.74) is 1.53. The van der Waals surface area contributed by atoms with Gasteiger partial charge in [0.25, 0.3) is 5.91 Å². The molecule has 0 aliphatic rings. The van der Waals surface area contributed by atoms with Crippen LogP contribution in [0.2, 0.25) is 0 Å². The second kappa shape index (κ2) is 10.1.